The molecule has 1 heterocycles. The van der Waals surface area contributed by atoms with Crippen molar-refractivity contribution in [3.05, 3.63) is 58.0 Å². The predicted molar refractivity (Wildman–Crippen MR) is 68.2 cm³/mol. The summed E-state index contributed by atoms with van der Waals surface area (Å²) in [5.41, 5.74) is 8.54. The van der Waals surface area contributed by atoms with E-state index < -0.39 is 0 Å². The fourth-order valence-electron chi connectivity index (χ4n) is 1.77. The van der Waals surface area contributed by atoms with Crippen LogP contribution >= 0.6 is 15.9 Å². The molecule has 1 atom stereocenters. The number of rotatable bonds is 3. The fraction of sp³-hybridized carbons (Fsp3) is 0.231. The summed E-state index contributed by atoms with van der Waals surface area (Å²) in [5, 5.41) is 0. The van der Waals surface area contributed by atoms with E-state index >= 15 is 0 Å². The Labute approximate surface area is 104 Å². The topological polar surface area (TPSA) is 39.2 Å². The summed E-state index contributed by atoms with van der Waals surface area (Å²) in [7, 11) is 0. The average Bonchev–Trinajstić information content (AvgIpc) is 2.74. The standard InChI is InChI=1S/C13H14BrNO/c1-9-4-5-10(14)7-12(9)13(15)8-11-3-2-6-16-11/h2-7,13H,8,15H2,1H3. The molecule has 0 aliphatic heterocycles. The fourth-order valence-corrected chi connectivity index (χ4v) is 2.15. The van der Waals surface area contributed by atoms with Gasteiger partial charge < -0.3 is 10.2 Å². The minimum atomic E-state index is -0.0244. The molecular formula is C13H14BrNO. The quantitative estimate of drug-likeness (QED) is 0.933. The summed E-state index contributed by atoms with van der Waals surface area (Å²) in [4.78, 5) is 0. The third kappa shape index (κ3) is 2.54. The first-order valence-corrected chi connectivity index (χ1v) is 6.00. The van der Waals surface area contributed by atoms with Crippen molar-refractivity contribution < 1.29 is 4.42 Å². The van der Waals surface area contributed by atoms with Crippen LogP contribution in [0.5, 0.6) is 0 Å². The van der Waals surface area contributed by atoms with Gasteiger partial charge in [0.25, 0.3) is 0 Å². The van der Waals surface area contributed by atoms with Crippen molar-refractivity contribution in [1.82, 2.24) is 0 Å². The summed E-state index contributed by atoms with van der Waals surface area (Å²) < 4.78 is 6.36. The lowest BCUT2D eigenvalue weighted by Gasteiger charge is -2.13. The third-order valence-electron chi connectivity index (χ3n) is 2.64. The molecule has 2 N–H and O–H groups in total. The monoisotopic (exact) mass is 279 g/mol. The molecule has 0 amide bonds. The molecule has 1 aromatic heterocycles. The maximum atomic E-state index is 6.18. The van der Waals surface area contributed by atoms with Gasteiger partial charge in [0.05, 0.1) is 6.26 Å². The highest BCUT2D eigenvalue weighted by Gasteiger charge is 2.11. The van der Waals surface area contributed by atoms with E-state index in [1.807, 2.05) is 18.2 Å². The van der Waals surface area contributed by atoms with Crippen LogP contribution in [-0.2, 0) is 6.42 Å². The molecule has 3 heteroatoms. The van der Waals surface area contributed by atoms with E-state index in [0.717, 1.165) is 22.2 Å². The van der Waals surface area contributed by atoms with Crippen LogP contribution in [0.15, 0.2) is 45.5 Å². The summed E-state index contributed by atoms with van der Waals surface area (Å²) in [6.45, 7) is 2.07. The first kappa shape index (κ1) is 11.4. The average molecular weight is 280 g/mol. The number of hydrogen-bond donors (Lipinski definition) is 1. The van der Waals surface area contributed by atoms with Gasteiger partial charge >= 0.3 is 0 Å². The van der Waals surface area contributed by atoms with Gasteiger partial charge in [0.2, 0.25) is 0 Å². The molecule has 2 aromatic rings. The van der Waals surface area contributed by atoms with Crippen LogP contribution in [0.3, 0.4) is 0 Å². The molecule has 0 aliphatic rings. The maximum Gasteiger partial charge on any atom is 0.105 e. The SMILES string of the molecule is Cc1ccc(Br)cc1C(N)Cc1ccco1. The van der Waals surface area contributed by atoms with Crippen molar-refractivity contribution in [1.29, 1.82) is 0 Å². The second kappa shape index (κ2) is 4.85. The third-order valence-corrected chi connectivity index (χ3v) is 3.14. The molecule has 16 heavy (non-hydrogen) atoms. The number of benzene rings is 1. The van der Waals surface area contributed by atoms with Crippen LogP contribution < -0.4 is 5.73 Å². The van der Waals surface area contributed by atoms with E-state index in [2.05, 4.69) is 35.0 Å². The Morgan fingerprint density at radius 3 is 2.88 bits per heavy atom. The van der Waals surface area contributed by atoms with Crippen LogP contribution in [-0.4, -0.2) is 0 Å². The van der Waals surface area contributed by atoms with Crippen LogP contribution in [0.1, 0.15) is 22.9 Å². The zero-order valence-electron chi connectivity index (χ0n) is 9.11. The van der Waals surface area contributed by atoms with Gasteiger partial charge in [0, 0.05) is 16.9 Å². The number of nitrogens with two attached hydrogens (primary N) is 1. The predicted octanol–water partition coefficient (Wildman–Crippen LogP) is 3.59. The minimum Gasteiger partial charge on any atom is -0.469 e. The Kier molecular flexibility index (Phi) is 3.46. The van der Waals surface area contributed by atoms with Gasteiger partial charge in [-0.25, -0.2) is 0 Å². The van der Waals surface area contributed by atoms with E-state index in [0.29, 0.717) is 0 Å². The smallest absolute Gasteiger partial charge is 0.105 e. The summed E-state index contributed by atoms with van der Waals surface area (Å²) in [5.74, 6) is 0.923. The Bertz CT molecular complexity index is 465. The zero-order chi connectivity index (χ0) is 11.5. The van der Waals surface area contributed by atoms with E-state index in [1.165, 1.54) is 5.56 Å². The number of halogens is 1. The molecule has 0 spiro atoms. The highest BCUT2D eigenvalue weighted by atomic mass is 79.9. The minimum absolute atomic E-state index is 0.0244. The number of aryl methyl sites for hydroxylation is 1. The molecule has 1 aromatic carbocycles. The molecular weight excluding hydrogens is 266 g/mol. The Balaban J connectivity index is 2.20. The van der Waals surface area contributed by atoms with Gasteiger partial charge in [0.1, 0.15) is 5.76 Å². The molecule has 2 rings (SSSR count). The summed E-state index contributed by atoms with van der Waals surface area (Å²) in [6, 6.07) is 9.98. The largest absolute Gasteiger partial charge is 0.469 e. The lowest BCUT2D eigenvalue weighted by Crippen LogP contribution is -2.14. The van der Waals surface area contributed by atoms with Crippen molar-refractivity contribution in [2.45, 2.75) is 19.4 Å². The van der Waals surface area contributed by atoms with Crippen molar-refractivity contribution >= 4 is 15.9 Å². The van der Waals surface area contributed by atoms with E-state index in [4.69, 9.17) is 10.2 Å². The summed E-state index contributed by atoms with van der Waals surface area (Å²) in [6.07, 6.45) is 2.40. The Morgan fingerprint density at radius 2 is 2.19 bits per heavy atom. The van der Waals surface area contributed by atoms with Gasteiger partial charge in [-0.1, -0.05) is 22.0 Å². The van der Waals surface area contributed by atoms with Gasteiger partial charge in [-0.2, -0.15) is 0 Å². The van der Waals surface area contributed by atoms with Crippen LogP contribution in [0.4, 0.5) is 0 Å². The van der Waals surface area contributed by atoms with Crippen molar-refractivity contribution in [3.63, 3.8) is 0 Å². The second-order valence-electron chi connectivity index (χ2n) is 3.89. The first-order valence-electron chi connectivity index (χ1n) is 5.21. The molecule has 0 saturated carbocycles. The lowest BCUT2D eigenvalue weighted by molar-refractivity contribution is 0.488. The number of furan rings is 1. The normalized spacial score (nSPS) is 12.7. The van der Waals surface area contributed by atoms with Crippen LogP contribution in [0.25, 0.3) is 0 Å². The molecule has 84 valence electrons. The van der Waals surface area contributed by atoms with Gasteiger partial charge in [0.15, 0.2) is 0 Å². The van der Waals surface area contributed by atoms with E-state index in [-0.39, 0.29) is 6.04 Å². The van der Waals surface area contributed by atoms with Crippen LogP contribution in [0.2, 0.25) is 0 Å². The Hall–Kier alpha value is -1.06. The molecule has 1 unspecified atom stereocenters. The van der Waals surface area contributed by atoms with Crippen LogP contribution in [0, 0.1) is 6.92 Å². The van der Waals surface area contributed by atoms with Crippen molar-refractivity contribution in [3.8, 4) is 0 Å². The molecule has 0 bridgehead atoms. The van der Waals surface area contributed by atoms with Gasteiger partial charge in [-0.05, 0) is 42.3 Å². The van der Waals surface area contributed by atoms with E-state index in [1.54, 1.807) is 6.26 Å². The van der Waals surface area contributed by atoms with E-state index in [9.17, 15) is 0 Å². The molecule has 0 radical (unpaired) electrons. The van der Waals surface area contributed by atoms with Gasteiger partial charge in [-0.15, -0.1) is 0 Å². The van der Waals surface area contributed by atoms with Gasteiger partial charge in [-0.3, -0.25) is 0 Å². The summed E-state index contributed by atoms with van der Waals surface area (Å²) >= 11 is 3.46. The zero-order valence-corrected chi connectivity index (χ0v) is 10.7. The highest BCUT2D eigenvalue weighted by Crippen LogP contribution is 2.23. The Morgan fingerprint density at radius 1 is 1.38 bits per heavy atom. The number of hydrogen-bond acceptors (Lipinski definition) is 2. The molecule has 0 aliphatic carbocycles. The highest BCUT2D eigenvalue weighted by molar-refractivity contribution is 9.10. The maximum absolute atomic E-state index is 6.18. The second-order valence-corrected chi connectivity index (χ2v) is 4.81. The molecule has 2 nitrogen and oxygen atoms in total. The molecule has 0 saturated heterocycles. The van der Waals surface area contributed by atoms with Crippen molar-refractivity contribution in [2.24, 2.45) is 5.73 Å². The molecule has 0 fully saturated rings. The first-order chi connectivity index (χ1) is 7.66. The van der Waals surface area contributed by atoms with Crippen molar-refractivity contribution in [2.75, 3.05) is 0 Å². The lowest BCUT2D eigenvalue weighted by atomic mass is 9.99.